The maximum absolute atomic E-state index is 6.17. The Bertz CT molecular complexity index is 745. The zero-order valence-corrected chi connectivity index (χ0v) is 11.3. The molecule has 0 fully saturated rings. The van der Waals surface area contributed by atoms with Crippen molar-refractivity contribution in [2.45, 2.75) is 0 Å². The van der Waals surface area contributed by atoms with Crippen molar-refractivity contribution in [1.29, 1.82) is 0 Å². The standard InChI is InChI=1S/C12H4Cl4O/c13-6-1-2-9-11(12(6)16)5-3-7(14)8(15)4-10(5)17-9/h1-4H/i1+1,2+1,3+1,4+1,5+1,6+1,7+1,8+1,9+1,10+1,11+1,12+1. The highest BCUT2D eigenvalue weighted by Gasteiger charge is 2.14. The van der Waals surface area contributed by atoms with E-state index in [2.05, 4.69) is 0 Å². The maximum atomic E-state index is 6.17. The summed E-state index contributed by atoms with van der Waals surface area (Å²) >= 11 is 24.1. The van der Waals surface area contributed by atoms with Crippen molar-refractivity contribution in [3.8, 4) is 0 Å². The Morgan fingerprint density at radius 2 is 1.47 bits per heavy atom. The summed E-state index contributed by atoms with van der Waals surface area (Å²) < 4.78 is 5.64. The molecule has 0 aliphatic carbocycles. The first-order valence-electron chi connectivity index (χ1n) is 4.73. The van der Waals surface area contributed by atoms with E-state index >= 15 is 0 Å². The predicted octanol–water partition coefficient (Wildman–Crippen LogP) is 6.20. The molecule has 1 heterocycles. The van der Waals surface area contributed by atoms with Gasteiger partial charge in [-0.05, 0) is 18.2 Å². The Labute approximate surface area is 117 Å². The molecule has 0 spiro atoms. The van der Waals surface area contributed by atoms with Crippen LogP contribution >= 0.6 is 46.4 Å². The largest absolute Gasteiger partial charge is 0.456 e. The zero-order valence-electron chi connectivity index (χ0n) is 8.23. The fourth-order valence-electron chi connectivity index (χ4n) is 1.80. The zero-order chi connectivity index (χ0) is 12.2. The van der Waals surface area contributed by atoms with Gasteiger partial charge >= 0.3 is 0 Å². The molecule has 0 atom stereocenters. The van der Waals surface area contributed by atoms with Crippen LogP contribution in [-0.4, -0.2) is 0 Å². The Morgan fingerprint density at radius 1 is 0.765 bits per heavy atom. The molecule has 1 aromatic heterocycles. The van der Waals surface area contributed by atoms with Crippen LogP contribution in [0.5, 0.6) is 0 Å². The summed E-state index contributed by atoms with van der Waals surface area (Å²) in [5.41, 5.74) is 1.30. The van der Waals surface area contributed by atoms with Crippen molar-refractivity contribution in [3.05, 3.63) is 44.4 Å². The van der Waals surface area contributed by atoms with Gasteiger partial charge in [-0.3, -0.25) is 0 Å². The molecule has 0 saturated heterocycles. The Morgan fingerprint density at radius 3 is 2.24 bits per heavy atom. The molecule has 0 unspecified atom stereocenters. The number of halogens is 4. The van der Waals surface area contributed by atoms with E-state index in [0.29, 0.717) is 31.3 Å². The third-order valence-corrected chi connectivity index (χ3v) is 4.09. The molecule has 0 amide bonds. The van der Waals surface area contributed by atoms with E-state index in [0.717, 1.165) is 10.8 Å². The SMILES string of the molecule is Cl[13c]1[13cH][13c]2o[13c]3[13cH][13cH][13c](Cl)[13c](Cl)[13c]3[13c]2[13cH][13c]1Cl. The molecular weight excluding hydrogens is 314 g/mol. The van der Waals surface area contributed by atoms with E-state index in [9.17, 15) is 0 Å². The molecule has 17 heavy (non-hydrogen) atoms. The first-order valence-corrected chi connectivity index (χ1v) is 6.24. The number of benzene rings is 2. The molecule has 0 aliphatic rings. The fourth-order valence-corrected chi connectivity index (χ4v) is 2.53. The number of hydrogen-bond acceptors (Lipinski definition) is 1. The van der Waals surface area contributed by atoms with Crippen molar-refractivity contribution in [3.63, 3.8) is 0 Å². The fraction of sp³-hybridized carbons (Fsp3) is 0. The highest BCUT2D eigenvalue weighted by molar-refractivity contribution is 6.47. The maximum Gasteiger partial charge on any atom is 0.137 e. The highest BCUT2D eigenvalue weighted by Crippen LogP contribution is 2.40. The minimum Gasteiger partial charge on any atom is -0.456 e. The molecule has 0 radical (unpaired) electrons. The summed E-state index contributed by atoms with van der Waals surface area (Å²) in [6, 6.07) is 6.86. The quantitative estimate of drug-likeness (QED) is 0.481. The van der Waals surface area contributed by atoms with Gasteiger partial charge in [-0.25, -0.2) is 0 Å². The van der Waals surface area contributed by atoms with Gasteiger partial charge < -0.3 is 4.42 Å². The van der Waals surface area contributed by atoms with Crippen LogP contribution < -0.4 is 0 Å². The summed E-state index contributed by atoms with van der Waals surface area (Å²) in [6.45, 7) is 0. The van der Waals surface area contributed by atoms with Crippen LogP contribution in [0.4, 0.5) is 0 Å². The Kier molecular flexibility index (Phi) is 2.68. The lowest BCUT2D eigenvalue weighted by Gasteiger charge is -1.97. The summed E-state index contributed by atoms with van der Waals surface area (Å²) in [5, 5.41) is 3.40. The first-order chi connectivity index (χ1) is 8.08. The molecular formula is C12H4Cl4O. The van der Waals surface area contributed by atoms with Crippen LogP contribution in [0, 0.1) is 0 Å². The van der Waals surface area contributed by atoms with Gasteiger partial charge in [0.05, 0.1) is 20.1 Å². The van der Waals surface area contributed by atoms with Crippen LogP contribution in [0.15, 0.2) is 28.7 Å². The molecule has 3 rings (SSSR count). The van der Waals surface area contributed by atoms with E-state index in [1.165, 1.54) is 0 Å². The predicted molar refractivity (Wildman–Crippen MR) is 73.8 cm³/mol. The Balaban J connectivity index is 2.58. The van der Waals surface area contributed by atoms with Crippen LogP contribution in [0.1, 0.15) is 0 Å². The number of fused-ring (bicyclic) bond motifs is 3. The van der Waals surface area contributed by atoms with Crippen molar-refractivity contribution in [1.82, 2.24) is 0 Å². The molecule has 5 heteroatoms. The minimum absolute atomic E-state index is 0.445. The Hall–Kier alpha value is -0.600. The van der Waals surface area contributed by atoms with Crippen LogP contribution in [0.25, 0.3) is 21.9 Å². The van der Waals surface area contributed by atoms with E-state index < -0.39 is 0 Å². The van der Waals surface area contributed by atoms with Crippen molar-refractivity contribution in [2.24, 2.45) is 0 Å². The monoisotopic (exact) mass is 316 g/mol. The van der Waals surface area contributed by atoms with Crippen LogP contribution in [0.3, 0.4) is 0 Å². The van der Waals surface area contributed by atoms with Gasteiger partial charge in [0.15, 0.2) is 0 Å². The number of hydrogen-bond donors (Lipinski definition) is 0. The number of rotatable bonds is 0. The normalized spacial score (nSPS) is 11.5. The molecule has 1 nitrogen and oxygen atoms in total. The third-order valence-electron chi connectivity index (χ3n) is 2.57. The molecule has 3 aromatic rings. The molecule has 0 aliphatic heterocycles. The topological polar surface area (TPSA) is 13.1 Å². The second-order valence-corrected chi connectivity index (χ2v) is 5.20. The molecule has 0 saturated carbocycles. The average Bonchev–Trinajstić information content (AvgIpc) is 2.63. The van der Waals surface area contributed by atoms with Crippen molar-refractivity contribution >= 4 is 68.3 Å². The van der Waals surface area contributed by atoms with Gasteiger partial charge in [-0.15, -0.1) is 0 Å². The van der Waals surface area contributed by atoms with E-state index in [1.54, 1.807) is 24.3 Å². The van der Waals surface area contributed by atoms with Crippen LogP contribution in [0.2, 0.25) is 20.1 Å². The number of furan rings is 1. The highest BCUT2D eigenvalue weighted by atomic mass is 35.5. The molecule has 0 N–H and O–H groups in total. The summed E-state index contributed by atoms with van der Waals surface area (Å²) in [6.07, 6.45) is 0. The van der Waals surface area contributed by atoms with Gasteiger partial charge in [0, 0.05) is 16.8 Å². The van der Waals surface area contributed by atoms with Gasteiger partial charge in [-0.2, -0.15) is 0 Å². The average molecular weight is 318 g/mol. The lowest BCUT2D eigenvalue weighted by molar-refractivity contribution is 0.669. The molecule has 0 bridgehead atoms. The lowest BCUT2D eigenvalue weighted by Crippen LogP contribution is -1.73. The van der Waals surface area contributed by atoms with E-state index in [-0.39, 0.29) is 0 Å². The van der Waals surface area contributed by atoms with Gasteiger partial charge in [0.1, 0.15) is 11.2 Å². The smallest absolute Gasteiger partial charge is 0.137 e. The van der Waals surface area contributed by atoms with E-state index in [4.69, 9.17) is 50.8 Å². The minimum atomic E-state index is 0.445. The second kappa shape index (κ2) is 3.96. The second-order valence-electron chi connectivity index (χ2n) is 3.60. The lowest BCUT2D eigenvalue weighted by atomic mass is 11.1. The van der Waals surface area contributed by atoms with Gasteiger partial charge in [0.25, 0.3) is 0 Å². The summed E-state index contributed by atoms with van der Waals surface area (Å²) in [7, 11) is 0. The van der Waals surface area contributed by atoms with Gasteiger partial charge in [-0.1, -0.05) is 46.4 Å². The van der Waals surface area contributed by atoms with Crippen molar-refractivity contribution < 1.29 is 4.42 Å². The first kappa shape index (κ1) is 11.5. The van der Waals surface area contributed by atoms with Gasteiger partial charge in [0.2, 0.25) is 0 Å². The molecule has 2 aromatic carbocycles. The third kappa shape index (κ3) is 1.69. The summed E-state index contributed by atoms with van der Waals surface area (Å²) in [5.74, 6) is 0. The molecule has 86 valence electrons. The van der Waals surface area contributed by atoms with Crippen molar-refractivity contribution in [2.75, 3.05) is 0 Å². The van der Waals surface area contributed by atoms with E-state index in [1.807, 2.05) is 0 Å². The summed E-state index contributed by atoms with van der Waals surface area (Å²) in [4.78, 5) is 0. The van der Waals surface area contributed by atoms with Crippen LogP contribution in [-0.2, 0) is 0 Å².